The third-order valence-corrected chi connectivity index (χ3v) is 3.65. The minimum absolute atomic E-state index is 0.00943. The third-order valence-electron chi connectivity index (χ3n) is 3.65. The van der Waals surface area contributed by atoms with Gasteiger partial charge in [-0.25, -0.2) is 0 Å². The van der Waals surface area contributed by atoms with Gasteiger partial charge in [-0.1, -0.05) is 43.7 Å². The minimum atomic E-state index is -0.511. The SMILES string of the molecule is Cc1ccc(C(C)(C)CNC(=O)C(C)(C)CN)cc1. The van der Waals surface area contributed by atoms with Gasteiger partial charge in [-0.2, -0.15) is 0 Å². The fourth-order valence-electron chi connectivity index (χ4n) is 1.74. The first kappa shape index (κ1) is 15.7. The zero-order valence-electron chi connectivity index (χ0n) is 12.7. The van der Waals surface area contributed by atoms with Crippen LogP contribution in [0.1, 0.15) is 38.8 Å². The first-order chi connectivity index (χ1) is 8.69. The van der Waals surface area contributed by atoms with Crippen molar-refractivity contribution in [3.8, 4) is 0 Å². The van der Waals surface area contributed by atoms with Crippen LogP contribution >= 0.6 is 0 Å². The standard InChI is InChI=1S/C16H26N2O/c1-12-6-8-13(9-7-12)16(4,5)11-18-14(19)15(2,3)10-17/h6-9H,10-11,17H2,1-5H3,(H,18,19). The molecule has 0 fully saturated rings. The predicted molar refractivity (Wildman–Crippen MR) is 80.1 cm³/mol. The third kappa shape index (κ3) is 4.06. The molecule has 19 heavy (non-hydrogen) atoms. The van der Waals surface area contributed by atoms with Gasteiger partial charge in [0.05, 0.1) is 5.41 Å². The van der Waals surface area contributed by atoms with E-state index in [1.807, 2.05) is 13.8 Å². The first-order valence-electron chi connectivity index (χ1n) is 6.74. The Morgan fingerprint density at radius 3 is 2.16 bits per heavy atom. The fraction of sp³-hybridized carbons (Fsp3) is 0.562. The summed E-state index contributed by atoms with van der Waals surface area (Å²) in [6, 6.07) is 8.44. The molecule has 1 amide bonds. The molecule has 0 heterocycles. The molecule has 0 spiro atoms. The molecule has 0 aliphatic rings. The van der Waals surface area contributed by atoms with E-state index in [1.165, 1.54) is 11.1 Å². The molecule has 3 heteroatoms. The Balaban J connectivity index is 2.70. The zero-order chi connectivity index (χ0) is 14.7. The lowest BCUT2D eigenvalue weighted by molar-refractivity contribution is -0.129. The van der Waals surface area contributed by atoms with Crippen LogP contribution < -0.4 is 11.1 Å². The van der Waals surface area contributed by atoms with Crippen LogP contribution in [0.2, 0.25) is 0 Å². The molecule has 0 aromatic heterocycles. The molecule has 0 saturated carbocycles. The van der Waals surface area contributed by atoms with Gasteiger partial charge in [-0.05, 0) is 26.3 Å². The van der Waals surface area contributed by atoms with E-state index in [4.69, 9.17) is 5.73 Å². The Bertz CT molecular complexity index is 433. The summed E-state index contributed by atoms with van der Waals surface area (Å²) in [6.07, 6.45) is 0. The smallest absolute Gasteiger partial charge is 0.226 e. The molecule has 3 N–H and O–H groups in total. The lowest BCUT2D eigenvalue weighted by Gasteiger charge is -2.29. The van der Waals surface area contributed by atoms with Gasteiger partial charge >= 0.3 is 0 Å². The quantitative estimate of drug-likeness (QED) is 0.856. The number of nitrogens with two attached hydrogens (primary N) is 1. The summed E-state index contributed by atoms with van der Waals surface area (Å²) in [6.45, 7) is 11.0. The normalized spacial score (nSPS) is 12.3. The number of benzene rings is 1. The van der Waals surface area contributed by atoms with Crippen LogP contribution in [-0.4, -0.2) is 19.0 Å². The highest BCUT2D eigenvalue weighted by Crippen LogP contribution is 2.23. The van der Waals surface area contributed by atoms with Gasteiger partial charge in [0, 0.05) is 18.5 Å². The Labute approximate surface area is 116 Å². The van der Waals surface area contributed by atoms with Crippen LogP contribution in [0.15, 0.2) is 24.3 Å². The van der Waals surface area contributed by atoms with Crippen LogP contribution in [0.25, 0.3) is 0 Å². The lowest BCUT2D eigenvalue weighted by Crippen LogP contribution is -2.45. The van der Waals surface area contributed by atoms with E-state index < -0.39 is 5.41 Å². The topological polar surface area (TPSA) is 55.1 Å². The number of hydrogen-bond donors (Lipinski definition) is 2. The van der Waals surface area contributed by atoms with Crippen molar-refractivity contribution in [2.45, 2.75) is 40.0 Å². The van der Waals surface area contributed by atoms with Gasteiger partial charge in [0.1, 0.15) is 0 Å². The minimum Gasteiger partial charge on any atom is -0.355 e. The van der Waals surface area contributed by atoms with E-state index in [9.17, 15) is 4.79 Å². The van der Waals surface area contributed by atoms with Crippen molar-refractivity contribution < 1.29 is 4.79 Å². The second-order valence-corrected chi connectivity index (χ2v) is 6.52. The number of carbonyl (C=O) groups excluding carboxylic acids is 1. The molecule has 0 bridgehead atoms. The molecule has 0 atom stereocenters. The van der Waals surface area contributed by atoms with Crippen molar-refractivity contribution >= 4 is 5.91 Å². The first-order valence-corrected chi connectivity index (χ1v) is 6.74. The summed E-state index contributed by atoms with van der Waals surface area (Å²) in [4.78, 5) is 12.0. The maximum Gasteiger partial charge on any atom is 0.226 e. The number of nitrogens with one attached hydrogen (secondary N) is 1. The number of hydrogen-bond acceptors (Lipinski definition) is 2. The monoisotopic (exact) mass is 262 g/mol. The summed E-state index contributed by atoms with van der Waals surface area (Å²) in [5.41, 5.74) is 7.48. The zero-order valence-corrected chi connectivity index (χ0v) is 12.7. The maximum absolute atomic E-state index is 12.0. The molecule has 106 valence electrons. The summed E-state index contributed by atoms with van der Waals surface area (Å²) in [5.74, 6) is 0.00943. The highest BCUT2D eigenvalue weighted by Gasteiger charge is 2.28. The molecule has 1 aromatic rings. The molecule has 0 radical (unpaired) electrons. The lowest BCUT2D eigenvalue weighted by atomic mass is 9.83. The van der Waals surface area contributed by atoms with Crippen LogP contribution in [-0.2, 0) is 10.2 Å². The summed E-state index contributed by atoms with van der Waals surface area (Å²) < 4.78 is 0. The molecular formula is C16H26N2O. The van der Waals surface area contributed by atoms with Crippen molar-refractivity contribution in [2.75, 3.05) is 13.1 Å². The molecule has 1 rings (SSSR count). The van der Waals surface area contributed by atoms with Crippen molar-refractivity contribution in [3.05, 3.63) is 35.4 Å². The van der Waals surface area contributed by atoms with E-state index in [0.29, 0.717) is 13.1 Å². The fourth-order valence-corrected chi connectivity index (χ4v) is 1.74. The second kappa shape index (κ2) is 5.74. The van der Waals surface area contributed by atoms with E-state index in [0.717, 1.165) is 0 Å². The van der Waals surface area contributed by atoms with Crippen molar-refractivity contribution in [3.63, 3.8) is 0 Å². The van der Waals surface area contributed by atoms with Gasteiger partial charge in [-0.3, -0.25) is 4.79 Å². The predicted octanol–water partition coefficient (Wildman–Crippen LogP) is 2.37. The van der Waals surface area contributed by atoms with Crippen LogP contribution in [0.3, 0.4) is 0 Å². The summed E-state index contributed by atoms with van der Waals surface area (Å²) in [7, 11) is 0. The van der Waals surface area contributed by atoms with Gasteiger partial charge < -0.3 is 11.1 Å². The number of rotatable bonds is 5. The summed E-state index contributed by atoms with van der Waals surface area (Å²) in [5, 5.41) is 3.01. The van der Waals surface area contributed by atoms with Gasteiger partial charge in [0.25, 0.3) is 0 Å². The average Bonchev–Trinajstić information content (AvgIpc) is 2.36. The maximum atomic E-state index is 12.0. The molecular weight excluding hydrogens is 236 g/mol. The Hall–Kier alpha value is -1.35. The largest absolute Gasteiger partial charge is 0.355 e. The Morgan fingerprint density at radius 2 is 1.68 bits per heavy atom. The molecule has 3 nitrogen and oxygen atoms in total. The number of aryl methyl sites for hydroxylation is 1. The molecule has 0 aliphatic carbocycles. The molecule has 1 aromatic carbocycles. The average molecular weight is 262 g/mol. The highest BCUT2D eigenvalue weighted by molar-refractivity contribution is 5.82. The molecule has 0 aliphatic heterocycles. The molecule has 0 saturated heterocycles. The highest BCUT2D eigenvalue weighted by atomic mass is 16.2. The van der Waals surface area contributed by atoms with Crippen LogP contribution in [0.4, 0.5) is 0 Å². The van der Waals surface area contributed by atoms with Gasteiger partial charge in [0.15, 0.2) is 0 Å². The van der Waals surface area contributed by atoms with Crippen LogP contribution in [0.5, 0.6) is 0 Å². The number of carbonyl (C=O) groups is 1. The van der Waals surface area contributed by atoms with Crippen molar-refractivity contribution in [2.24, 2.45) is 11.1 Å². The Kier molecular flexibility index (Phi) is 4.75. The van der Waals surface area contributed by atoms with Gasteiger partial charge in [-0.15, -0.1) is 0 Å². The molecule has 0 unspecified atom stereocenters. The summed E-state index contributed by atoms with van der Waals surface area (Å²) >= 11 is 0. The van der Waals surface area contributed by atoms with E-state index in [-0.39, 0.29) is 11.3 Å². The second-order valence-electron chi connectivity index (χ2n) is 6.52. The van der Waals surface area contributed by atoms with Crippen molar-refractivity contribution in [1.29, 1.82) is 0 Å². The van der Waals surface area contributed by atoms with E-state index in [1.54, 1.807) is 0 Å². The van der Waals surface area contributed by atoms with Crippen molar-refractivity contribution in [1.82, 2.24) is 5.32 Å². The van der Waals surface area contributed by atoms with E-state index in [2.05, 4.69) is 50.4 Å². The van der Waals surface area contributed by atoms with Crippen LogP contribution in [0, 0.1) is 12.3 Å². The van der Waals surface area contributed by atoms with Gasteiger partial charge in [0.2, 0.25) is 5.91 Å². The number of amides is 1. The Morgan fingerprint density at radius 1 is 1.16 bits per heavy atom. The van der Waals surface area contributed by atoms with E-state index >= 15 is 0 Å².